The number of hydrogen-bond donors (Lipinski definition) is 1. The van der Waals surface area contributed by atoms with E-state index < -0.39 is 38.3 Å². The molecule has 2 aromatic carbocycles. The normalized spacial score (nSPS) is 11.9. The summed E-state index contributed by atoms with van der Waals surface area (Å²) in [6, 6.07) is 10.5. The highest BCUT2D eigenvalue weighted by atomic mass is 35.5. The van der Waals surface area contributed by atoms with E-state index in [0.29, 0.717) is 27.7 Å². The predicted molar refractivity (Wildman–Crippen MR) is 126 cm³/mol. The highest BCUT2D eigenvalue weighted by Crippen LogP contribution is 2.33. The summed E-state index contributed by atoms with van der Waals surface area (Å²) in [5, 5.41) is 16.1. The second-order valence-corrected chi connectivity index (χ2v) is 9.64. The van der Waals surface area contributed by atoms with Crippen LogP contribution in [-0.2, 0) is 27.4 Å². The molecule has 0 radical (unpaired) electrons. The quantitative estimate of drug-likeness (QED) is 0.360. The summed E-state index contributed by atoms with van der Waals surface area (Å²) in [5.41, 5.74) is -1.54. The molecule has 0 bridgehead atoms. The number of rotatable bonds is 7. The first kappa shape index (κ1) is 26.7. The number of halogens is 4. The molecule has 0 atom stereocenters. The van der Waals surface area contributed by atoms with Crippen LogP contribution in [0.5, 0.6) is 0 Å². The lowest BCUT2D eigenvalue weighted by molar-refractivity contribution is -0.137. The molecule has 1 N–H and O–H groups in total. The Hall–Kier alpha value is -3.89. The Morgan fingerprint density at radius 2 is 2.00 bits per heavy atom. The van der Waals surface area contributed by atoms with Crippen LogP contribution >= 0.6 is 11.6 Å². The smallest absolute Gasteiger partial charge is 0.368 e. The summed E-state index contributed by atoms with van der Waals surface area (Å²) in [4.78, 5) is 13.3. The summed E-state index contributed by atoms with van der Waals surface area (Å²) in [6.45, 7) is 0. The minimum atomic E-state index is -4.75. The van der Waals surface area contributed by atoms with Crippen LogP contribution in [0.2, 0.25) is 5.02 Å². The lowest BCUT2D eigenvalue weighted by atomic mass is 10.1. The van der Waals surface area contributed by atoms with E-state index in [9.17, 15) is 31.6 Å². The third-order valence-corrected chi connectivity index (χ3v) is 6.23. The second kappa shape index (κ2) is 10.4. The number of aromatic nitrogens is 2. The van der Waals surface area contributed by atoms with Gasteiger partial charge >= 0.3 is 6.18 Å². The van der Waals surface area contributed by atoms with Gasteiger partial charge in [-0.25, -0.2) is 4.68 Å². The van der Waals surface area contributed by atoms with Gasteiger partial charge in [-0.3, -0.25) is 4.79 Å². The fraction of sp³-hybridized carbons (Fsp3) is 0.182. The Morgan fingerprint density at radius 3 is 2.58 bits per heavy atom. The van der Waals surface area contributed by atoms with E-state index in [0.717, 1.165) is 18.5 Å². The molecule has 3 rings (SSSR count). The Kier molecular flexibility index (Phi) is 7.71. The van der Waals surface area contributed by atoms with E-state index in [1.165, 1.54) is 19.0 Å². The van der Waals surface area contributed by atoms with Gasteiger partial charge in [0.25, 0.3) is 10.0 Å². The van der Waals surface area contributed by atoms with E-state index in [4.69, 9.17) is 11.6 Å². The summed E-state index contributed by atoms with van der Waals surface area (Å²) in [5.74, 6) is -0.571. The molecule has 0 aliphatic heterocycles. The van der Waals surface area contributed by atoms with Crippen molar-refractivity contribution in [2.45, 2.75) is 17.5 Å². The van der Waals surface area contributed by atoms with Gasteiger partial charge in [0.2, 0.25) is 5.91 Å². The maximum atomic E-state index is 13.1. The molecule has 0 fully saturated rings. The lowest BCUT2D eigenvalue weighted by Gasteiger charge is -2.14. The SMILES string of the molecule is CN(C)C=NS(=O)(=O)c1cc(NC(=O)Cc2ccccc2Cl)cc(C#N)c1-n1cc(C(F)(F)F)cn1. The molecule has 1 aromatic heterocycles. The Bertz CT molecular complexity index is 1480. The monoisotopic (exact) mass is 538 g/mol. The van der Waals surface area contributed by atoms with Crippen LogP contribution in [0.15, 0.2) is 58.1 Å². The molecule has 0 saturated heterocycles. The van der Waals surface area contributed by atoms with Gasteiger partial charge in [0.1, 0.15) is 23.0 Å². The van der Waals surface area contributed by atoms with Crippen molar-refractivity contribution >= 4 is 39.6 Å². The average Bonchev–Trinajstić information content (AvgIpc) is 3.29. The zero-order valence-electron chi connectivity index (χ0n) is 18.8. The second-order valence-electron chi connectivity index (χ2n) is 7.63. The van der Waals surface area contributed by atoms with E-state index >= 15 is 0 Å². The third-order valence-electron chi connectivity index (χ3n) is 4.62. The number of nitrogens with one attached hydrogen (secondary N) is 1. The van der Waals surface area contributed by atoms with Crippen molar-refractivity contribution in [3.8, 4) is 11.8 Å². The molecule has 9 nitrogen and oxygen atoms in total. The molecule has 1 heterocycles. The molecule has 3 aromatic rings. The van der Waals surface area contributed by atoms with E-state index in [1.807, 2.05) is 0 Å². The van der Waals surface area contributed by atoms with Crippen LogP contribution < -0.4 is 5.32 Å². The highest BCUT2D eigenvalue weighted by Gasteiger charge is 2.33. The number of nitriles is 1. The van der Waals surface area contributed by atoms with E-state index in [1.54, 1.807) is 30.3 Å². The summed E-state index contributed by atoms with van der Waals surface area (Å²) in [6.07, 6.45) is -2.88. The van der Waals surface area contributed by atoms with Crippen molar-refractivity contribution in [2.75, 3.05) is 19.4 Å². The molecule has 36 heavy (non-hydrogen) atoms. The first-order valence-electron chi connectivity index (χ1n) is 10.0. The standard InChI is InChI=1S/C22H18ClF3N6O3S/c1-31(2)13-29-36(34,35)19-9-17(30-20(33)8-14-5-3-4-6-18(14)23)7-15(10-27)21(19)32-12-16(11-28-32)22(24,25)26/h3-7,9,11-13H,8H2,1-2H3,(H,30,33). The number of anilines is 1. The van der Waals surface area contributed by atoms with Gasteiger partial charge in [-0.15, -0.1) is 4.40 Å². The number of benzene rings is 2. The fourth-order valence-corrected chi connectivity index (χ4v) is 4.38. The van der Waals surface area contributed by atoms with Gasteiger partial charge in [0.05, 0.1) is 23.7 Å². The zero-order chi connectivity index (χ0) is 26.7. The maximum absolute atomic E-state index is 13.1. The molecule has 0 unspecified atom stereocenters. The van der Waals surface area contributed by atoms with Gasteiger partial charge < -0.3 is 10.2 Å². The topological polar surface area (TPSA) is 120 Å². The minimum Gasteiger partial charge on any atom is -0.368 e. The fourth-order valence-electron chi connectivity index (χ4n) is 3.02. The number of hydrogen-bond acceptors (Lipinski definition) is 5. The molecular weight excluding hydrogens is 521 g/mol. The Morgan fingerprint density at radius 1 is 1.31 bits per heavy atom. The molecular formula is C22H18ClF3N6O3S. The van der Waals surface area contributed by atoms with Gasteiger partial charge in [-0.05, 0) is 23.8 Å². The minimum absolute atomic E-state index is 0.0887. The van der Waals surface area contributed by atoms with Crippen LogP contribution in [0.3, 0.4) is 0 Å². The molecule has 0 saturated carbocycles. The largest absolute Gasteiger partial charge is 0.419 e. The summed E-state index contributed by atoms with van der Waals surface area (Å²) < 4.78 is 69.7. The number of amides is 1. The lowest BCUT2D eigenvalue weighted by Crippen LogP contribution is -2.17. The summed E-state index contributed by atoms with van der Waals surface area (Å²) in [7, 11) is -1.54. The third kappa shape index (κ3) is 6.21. The van der Waals surface area contributed by atoms with Crippen LogP contribution in [0.25, 0.3) is 5.69 Å². The highest BCUT2D eigenvalue weighted by molar-refractivity contribution is 7.90. The Balaban J connectivity index is 2.13. The van der Waals surface area contributed by atoms with E-state index in [-0.39, 0.29) is 17.7 Å². The van der Waals surface area contributed by atoms with E-state index in [2.05, 4.69) is 14.8 Å². The first-order valence-corrected chi connectivity index (χ1v) is 11.8. The zero-order valence-corrected chi connectivity index (χ0v) is 20.4. The number of sulfonamides is 1. The van der Waals surface area contributed by atoms with Crippen LogP contribution in [-0.4, -0.2) is 49.4 Å². The number of nitrogens with zero attached hydrogens (tertiary/aromatic N) is 5. The van der Waals surface area contributed by atoms with Crippen LogP contribution in [0.1, 0.15) is 16.7 Å². The van der Waals surface area contributed by atoms with Crippen LogP contribution in [0.4, 0.5) is 18.9 Å². The molecule has 188 valence electrons. The van der Waals surface area contributed by atoms with Crippen LogP contribution in [0, 0.1) is 11.3 Å². The maximum Gasteiger partial charge on any atom is 0.419 e. The Labute approximate surface area is 209 Å². The molecule has 1 amide bonds. The molecule has 14 heteroatoms. The van der Waals surface area contributed by atoms with Crippen molar-refractivity contribution in [2.24, 2.45) is 4.40 Å². The molecule has 0 aliphatic carbocycles. The number of carbonyl (C=O) groups excluding carboxylic acids is 1. The van der Waals surface area contributed by atoms with Crippen molar-refractivity contribution < 1.29 is 26.4 Å². The summed E-state index contributed by atoms with van der Waals surface area (Å²) >= 11 is 6.07. The van der Waals surface area contributed by atoms with Gasteiger partial charge in [-0.2, -0.15) is 31.9 Å². The van der Waals surface area contributed by atoms with Crippen molar-refractivity contribution in [1.82, 2.24) is 14.7 Å². The van der Waals surface area contributed by atoms with Crippen molar-refractivity contribution in [3.63, 3.8) is 0 Å². The van der Waals surface area contributed by atoms with Gasteiger partial charge in [0.15, 0.2) is 0 Å². The van der Waals surface area contributed by atoms with Gasteiger partial charge in [-0.1, -0.05) is 29.8 Å². The molecule has 0 aliphatic rings. The predicted octanol–water partition coefficient (Wildman–Crippen LogP) is 3.88. The van der Waals surface area contributed by atoms with Crippen molar-refractivity contribution in [3.05, 3.63) is 70.5 Å². The number of alkyl halides is 3. The first-order chi connectivity index (χ1) is 16.8. The van der Waals surface area contributed by atoms with Crippen molar-refractivity contribution in [1.29, 1.82) is 5.26 Å². The number of carbonyl (C=O) groups is 1. The molecule has 0 spiro atoms. The average molecular weight is 539 g/mol. The van der Waals surface area contributed by atoms with Gasteiger partial charge in [0, 0.05) is 31.0 Å².